The monoisotopic (exact) mass is 232 g/mol. The van der Waals surface area contributed by atoms with Crippen molar-refractivity contribution >= 4 is 0 Å². The van der Waals surface area contributed by atoms with E-state index in [1.807, 2.05) is 0 Å². The van der Waals surface area contributed by atoms with Gasteiger partial charge in [-0.05, 0) is 31.4 Å². The van der Waals surface area contributed by atoms with E-state index < -0.39 is 6.36 Å². The van der Waals surface area contributed by atoms with Crippen LogP contribution in [0.3, 0.4) is 0 Å². The van der Waals surface area contributed by atoms with Crippen molar-refractivity contribution in [2.45, 2.75) is 31.7 Å². The minimum Gasteiger partial charge on any atom is -0.490 e. The Balaban J connectivity index is 2.00. The summed E-state index contributed by atoms with van der Waals surface area (Å²) in [4.78, 5) is 0. The zero-order valence-corrected chi connectivity index (χ0v) is 8.46. The maximum Gasteiger partial charge on any atom is 0.573 e. The standard InChI is InChI=1S/C11H11F3O2/c12-11(13,14)16-10-6-2-5-9(7-10)15-8-3-1-4-8/h2,5-8H,1,3-4H2. The molecule has 2 nitrogen and oxygen atoms in total. The number of hydrogen-bond acceptors (Lipinski definition) is 2. The van der Waals surface area contributed by atoms with Crippen molar-refractivity contribution in [3.05, 3.63) is 24.3 Å². The molecule has 1 aliphatic rings. The number of ether oxygens (including phenoxy) is 2. The molecule has 1 saturated carbocycles. The molecule has 0 atom stereocenters. The summed E-state index contributed by atoms with van der Waals surface area (Å²) in [5.74, 6) is 0.177. The first-order valence-corrected chi connectivity index (χ1v) is 5.05. The molecule has 0 radical (unpaired) electrons. The summed E-state index contributed by atoms with van der Waals surface area (Å²) >= 11 is 0. The first-order valence-electron chi connectivity index (χ1n) is 5.05. The summed E-state index contributed by atoms with van der Waals surface area (Å²) in [6, 6.07) is 5.61. The average Bonchev–Trinajstić information content (AvgIpc) is 2.09. The molecule has 0 saturated heterocycles. The molecule has 1 fully saturated rings. The molecule has 0 spiro atoms. The Morgan fingerprint density at radius 1 is 1.12 bits per heavy atom. The summed E-state index contributed by atoms with van der Waals surface area (Å²) in [7, 11) is 0. The lowest BCUT2D eigenvalue weighted by Gasteiger charge is -2.26. The predicted octanol–water partition coefficient (Wildman–Crippen LogP) is 3.52. The fourth-order valence-corrected chi connectivity index (χ4v) is 1.43. The Kier molecular flexibility index (Phi) is 2.94. The largest absolute Gasteiger partial charge is 0.573 e. The van der Waals surface area contributed by atoms with Crippen LogP contribution in [0.25, 0.3) is 0 Å². The van der Waals surface area contributed by atoms with Gasteiger partial charge in [-0.2, -0.15) is 0 Å². The highest BCUT2D eigenvalue weighted by molar-refractivity contribution is 5.33. The van der Waals surface area contributed by atoms with Crippen LogP contribution in [0.4, 0.5) is 13.2 Å². The van der Waals surface area contributed by atoms with Crippen LogP contribution in [0.1, 0.15) is 19.3 Å². The van der Waals surface area contributed by atoms with Crippen LogP contribution >= 0.6 is 0 Å². The van der Waals surface area contributed by atoms with E-state index in [0.717, 1.165) is 19.3 Å². The fourth-order valence-electron chi connectivity index (χ4n) is 1.43. The maximum absolute atomic E-state index is 11.9. The van der Waals surface area contributed by atoms with Crippen molar-refractivity contribution in [1.29, 1.82) is 0 Å². The van der Waals surface area contributed by atoms with Gasteiger partial charge in [-0.3, -0.25) is 0 Å². The van der Waals surface area contributed by atoms with E-state index in [1.54, 1.807) is 6.07 Å². The van der Waals surface area contributed by atoms with Crippen LogP contribution in [0.2, 0.25) is 0 Å². The minimum atomic E-state index is -4.66. The number of rotatable bonds is 3. The molecule has 0 bridgehead atoms. The molecule has 16 heavy (non-hydrogen) atoms. The Morgan fingerprint density at radius 3 is 2.38 bits per heavy atom. The van der Waals surface area contributed by atoms with Crippen LogP contribution < -0.4 is 9.47 Å². The smallest absolute Gasteiger partial charge is 0.490 e. The van der Waals surface area contributed by atoms with E-state index in [9.17, 15) is 13.2 Å². The summed E-state index contributed by atoms with van der Waals surface area (Å²) in [6.07, 6.45) is -1.48. The predicted molar refractivity (Wildman–Crippen MR) is 51.4 cm³/mol. The average molecular weight is 232 g/mol. The third-order valence-electron chi connectivity index (χ3n) is 2.39. The second kappa shape index (κ2) is 4.23. The molecule has 1 aromatic rings. The molecule has 88 valence electrons. The lowest BCUT2D eigenvalue weighted by atomic mass is 9.96. The van der Waals surface area contributed by atoms with Gasteiger partial charge in [0.1, 0.15) is 11.5 Å². The SMILES string of the molecule is FC(F)(F)Oc1cccc(OC2CCC2)c1. The van der Waals surface area contributed by atoms with Gasteiger partial charge in [-0.25, -0.2) is 0 Å². The topological polar surface area (TPSA) is 18.5 Å². The quantitative estimate of drug-likeness (QED) is 0.793. The molecule has 1 aromatic carbocycles. The highest BCUT2D eigenvalue weighted by atomic mass is 19.4. The van der Waals surface area contributed by atoms with Crippen molar-refractivity contribution in [1.82, 2.24) is 0 Å². The third kappa shape index (κ3) is 3.05. The van der Waals surface area contributed by atoms with Crippen LogP contribution in [0.15, 0.2) is 24.3 Å². The lowest BCUT2D eigenvalue weighted by Crippen LogP contribution is -2.24. The highest BCUT2D eigenvalue weighted by Crippen LogP contribution is 2.29. The lowest BCUT2D eigenvalue weighted by molar-refractivity contribution is -0.274. The van der Waals surface area contributed by atoms with Gasteiger partial charge in [-0.1, -0.05) is 6.07 Å². The Hall–Kier alpha value is -1.39. The van der Waals surface area contributed by atoms with Gasteiger partial charge < -0.3 is 9.47 Å². The summed E-state index contributed by atoms with van der Waals surface area (Å²) in [5, 5.41) is 0. The summed E-state index contributed by atoms with van der Waals surface area (Å²) < 4.78 is 45.1. The second-order valence-corrected chi connectivity index (χ2v) is 3.69. The van der Waals surface area contributed by atoms with E-state index >= 15 is 0 Å². The zero-order valence-electron chi connectivity index (χ0n) is 8.46. The van der Waals surface area contributed by atoms with Gasteiger partial charge in [0.05, 0.1) is 6.10 Å². The van der Waals surface area contributed by atoms with Crippen LogP contribution in [-0.4, -0.2) is 12.5 Å². The van der Waals surface area contributed by atoms with Gasteiger partial charge in [0.15, 0.2) is 0 Å². The molecule has 0 heterocycles. The van der Waals surface area contributed by atoms with Crippen molar-refractivity contribution in [3.8, 4) is 11.5 Å². The van der Waals surface area contributed by atoms with Gasteiger partial charge in [0.2, 0.25) is 0 Å². The summed E-state index contributed by atoms with van der Waals surface area (Å²) in [5.41, 5.74) is 0. The highest BCUT2D eigenvalue weighted by Gasteiger charge is 2.31. The van der Waals surface area contributed by atoms with E-state index in [2.05, 4.69) is 4.74 Å². The van der Waals surface area contributed by atoms with Crippen molar-refractivity contribution in [2.75, 3.05) is 0 Å². The maximum atomic E-state index is 11.9. The molecular formula is C11H11F3O2. The summed E-state index contributed by atoms with van der Waals surface area (Å²) in [6.45, 7) is 0. The van der Waals surface area contributed by atoms with Crippen LogP contribution in [0, 0.1) is 0 Å². The minimum absolute atomic E-state index is 0.140. The molecule has 1 aliphatic carbocycles. The number of benzene rings is 1. The van der Waals surface area contributed by atoms with E-state index in [-0.39, 0.29) is 11.9 Å². The van der Waals surface area contributed by atoms with Crippen molar-refractivity contribution in [3.63, 3.8) is 0 Å². The molecular weight excluding hydrogens is 221 g/mol. The fraction of sp³-hybridized carbons (Fsp3) is 0.455. The Bertz CT molecular complexity index is 358. The molecule has 0 aromatic heterocycles. The molecule has 0 unspecified atom stereocenters. The van der Waals surface area contributed by atoms with Crippen LogP contribution in [0.5, 0.6) is 11.5 Å². The number of halogens is 3. The first kappa shape index (κ1) is 11.1. The van der Waals surface area contributed by atoms with Crippen molar-refractivity contribution in [2.24, 2.45) is 0 Å². The van der Waals surface area contributed by atoms with E-state index in [0.29, 0.717) is 5.75 Å². The van der Waals surface area contributed by atoms with E-state index in [1.165, 1.54) is 18.2 Å². The van der Waals surface area contributed by atoms with Gasteiger partial charge in [0.25, 0.3) is 0 Å². The third-order valence-corrected chi connectivity index (χ3v) is 2.39. The number of hydrogen-bond donors (Lipinski definition) is 0. The first-order chi connectivity index (χ1) is 7.53. The van der Waals surface area contributed by atoms with Crippen LogP contribution in [-0.2, 0) is 0 Å². The Morgan fingerprint density at radius 2 is 1.81 bits per heavy atom. The normalized spacial score (nSPS) is 16.7. The van der Waals surface area contributed by atoms with Gasteiger partial charge in [0, 0.05) is 6.07 Å². The van der Waals surface area contributed by atoms with Gasteiger partial charge in [-0.15, -0.1) is 13.2 Å². The molecule has 5 heteroatoms. The van der Waals surface area contributed by atoms with Gasteiger partial charge >= 0.3 is 6.36 Å². The molecule has 0 amide bonds. The van der Waals surface area contributed by atoms with E-state index in [4.69, 9.17) is 4.74 Å². The number of alkyl halides is 3. The zero-order chi connectivity index (χ0) is 11.6. The second-order valence-electron chi connectivity index (χ2n) is 3.69. The molecule has 0 N–H and O–H groups in total. The molecule has 0 aliphatic heterocycles. The molecule has 2 rings (SSSR count). The van der Waals surface area contributed by atoms with Crippen molar-refractivity contribution < 1.29 is 22.6 Å². The Labute approximate surface area is 91.0 Å².